The molecule has 0 saturated heterocycles. The fraction of sp³-hybridized carbons (Fsp3) is 0.355. The van der Waals surface area contributed by atoms with E-state index in [0.29, 0.717) is 0 Å². The van der Waals surface area contributed by atoms with Crippen LogP contribution in [0.1, 0.15) is 11.1 Å². The van der Waals surface area contributed by atoms with Crippen LogP contribution in [0.25, 0.3) is 12.2 Å². The van der Waals surface area contributed by atoms with E-state index in [1.54, 1.807) is 0 Å². The van der Waals surface area contributed by atoms with Gasteiger partial charge >= 0.3 is 94.7 Å². The molecule has 4 rings (SSSR count). The van der Waals surface area contributed by atoms with Gasteiger partial charge in [0, 0.05) is 44.1 Å². The van der Waals surface area contributed by atoms with Crippen LogP contribution in [-0.4, -0.2) is 161 Å². The van der Waals surface area contributed by atoms with Crippen molar-refractivity contribution in [3.8, 4) is 6.01 Å². The molecule has 0 aliphatic heterocycles. The van der Waals surface area contributed by atoms with Gasteiger partial charge in [-0.2, -0.15) is 29.9 Å². The molecular formula is C31H38N11Na3O14S3. The maximum Gasteiger partial charge on any atom is 1.00 e. The van der Waals surface area contributed by atoms with E-state index in [1.807, 2.05) is 0 Å². The summed E-state index contributed by atoms with van der Waals surface area (Å²) in [7, 11) is -13.8. The van der Waals surface area contributed by atoms with Crippen LogP contribution in [0.5, 0.6) is 6.01 Å². The molecule has 31 heteroatoms. The van der Waals surface area contributed by atoms with Crippen molar-refractivity contribution in [3.63, 3.8) is 0 Å². The maximum atomic E-state index is 12.4. The van der Waals surface area contributed by atoms with Crippen LogP contribution in [0.3, 0.4) is 0 Å². The Morgan fingerprint density at radius 2 is 1.02 bits per heavy atom. The molecule has 0 atom stereocenters. The Bertz CT molecular complexity index is 2450. The number of aliphatic hydroxyl groups excluding tert-OH is 4. The number of anilines is 7. The first-order chi connectivity index (χ1) is 27.9. The Kier molecular flexibility index (Phi) is 24.6. The maximum absolute atomic E-state index is 12.4. The quantitative estimate of drug-likeness (QED) is 0.0206. The summed E-state index contributed by atoms with van der Waals surface area (Å²) >= 11 is 0. The molecule has 0 spiro atoms. The summed E-state index contributed by atoms with van der Waals surface area (Å²) < 4.78 is 113. The first-order valence-corrected chi connectivity index (χ1v) is 21.4. The number of methoxy groups -OCH3 is 1. The van der Waals surface area contributed by atoms with Crippen LogP contribution < -0.4 is 119 Å². The molecule has 2 heterocycles. The second kappa shape index (κ2) is 26.5. The Hall–Kier alpha value is -2.43. The van der Waals surface area contributed by atoms with Crippen LogP contribution in [0.4, 0.5) is 41.1 Å². The van der Waals surface area contributed by atoms with Gasteiger partial charge in [0.05, 0.1) is 59.2 Å². The van der Waals surface area contributed by atoms with Crippen molar-refractivity contribution < 1.29 is 153 Å². The number of nitrogens with zero attached hydrogens (tertiary/aromatic N) is 8. The van der Waals surface area contributed by atoms with E-state index < -0.39 is 52.4 Å². The zero-order valence-electron chi connectivity index (χ0n) is 33.9. The number of hydrogen-bond acceptors (Lipinski definition) is 25. The van der Waals surface area contributed by atoms with Crippen molar-refractivity contribution in [3.05, 3.63) is 47.5 Å². The van der Waals surface area contributed by atoms with Gasteiger partial charge in [-0.15, -0.1) is 0 Å². The molecule has 2 aromatic heterocycles. The van der Waals surface area contributed by atoms with Gasteiger partial charge in [0.2, 0.25) is 29.7 Å². The van der Waals surface area contributed by atoms with Crippen LogP contribution >= 0.6 is 0 Å². The summed E-state index contributed by atoms with van der Waals surface area (Å²) in [5.41, 5.74) is -0.483. The van der Waals surface area contributed by atoms with Gasteiger partial charge in [-0.3, -0.25) is 0 Å². The number of benzene rings is 2. The monoisotopic (exact) mass is 953 g/mol. The van der Waals surface area contributed by atoms with Crippen molar-refractivity contribution in [2.45, 2.75) is 9.79 Å². The fourth-order valence-corrected chi connectivity index (χ4v) is 6.78. The van der Waals surface area contributed by atoms with E-state index in [2.05, 4.69) is 45.9 Å². The fourth-order valence-electron chi connectivity index (χ4n) is 5.04. The molecule has 0 aliphatic carbocycles. The zero-order valence-corrected chi connectivity index (χ0v) is 42.3. The second-order valence-electron chi connectivity index (χ2n) is 11.8. The van der Waals surface area contributed by atoms with Crippen LogP contribution in [0, 0.1) is 0 Å². The molecule has 25 nitrogen and oxygen atoms in total. The molecule has 62 heavy (non-hydrogen) atoms. The first kappa shape index (κ1) is 57.6. The number of rotatable bonds is 23. The molecule has 322 valence electrons. The van der Waals surface area contributed by atoms with Crippen molar-refractivity contribution in [1.29, 1.82) is 0 Å². The summed E-state index contributed by atoms with van der Waals surface area (Å²) in [6.07, 6.45) is 2.17. The molecule has 2 aromatic carbocycles. The standard InChI is InChI=1S/C31H41N11O14S3.3Na/c1-56-31-39-28(38-30(40-31)42(11-15-45)12-16-46)34-23-7-5-21(25(19-23)59(53,54)55)3-2-20-4-6-22(18-24(20)58(50,51)52)33-27-35-26(32-8-17-57(47,48)49)36-29(37-27)41(9-13-43)10-14-44;;;/h2-7,18-19,43-46H,8-17H2,1H3,(H,47,48,49)(H,50,51,52)(H,53,54,55)(H,34,38,39,40)(H2,32,33,35,36,37);;;/q;3*+1/p-3. The average Bonchev–Trinajstić information content (AvgIpc) is 3.16. The van der Waals surface area contributed by atoms with E-state index in [1.165, 1.54) is 41.2 Å². The van der Waals surface area contributed by atoms with E-state index in [0.717, 1.165) is 24.3 Å². The van der Waals surface area contributed by atoms with Crippen LogP contribution in [-0.2, 0) is 30.4 Å². The van der Waals surface area contributed by atoms with Crippen molar-refractivity contribution in [2.75, 3.05) is 97.8 Å². The van der Waals surface area contributed by atoms with Crippen molar-refractivity contribution in [2.24, 2.45) is 0 Å². The SMILES string of the molecule is COc1nc(Nc2ccc(C=Cc3ccc(Nc4nc(NCCS(=O)(=O)[O-])nc(N(CCO)CCO)n4)cc3S(=O)(=O)[O-])c(S(=O)(=O)[O-])c2)nc(N(CCO)CCO)n1.[Na+].[Na+].[Na+]. The summed E-state index contributed by atoms with van der Waals surface area (Å²) in [4.78, 5) is 26.0. The van der Waals surface area contributed by atoms with Gasteiger partial charge < -0.3 is 64.6 Å². The summed E-state index contributed by atoms with van der Waals surface area (Å²) in [5.74, 6) is -1.64. The van der Waals surface area contributed by atoms with E-state index >= 15 is 0 Å². The smallest absolute Gasteiger partial charge is 0.748 e. The average molecular weight is 954 g/mol. The van der Waals surface area contributed by atoms with Crippen LogP contribution in [0.15, 0.2) is 46.2 Å². The molecule has 0 bridgehead atoms. The molecule has 7 N–H and O–H groups in total. The number of aliphatic hydroxyl groups is 4. The Labute approximate surface area is 423 Å². The number of hydrogen-bond donors (Lipinski definition) is 7. The van der Waals surface area contributed by atoms with Crippen LogP contribution in [0.2, 0.25) is 0 Å². The Morgan fingerprint density at radius 1 is 0.613 bits per heavy atom. The zero-order chi connectivity index (χ0) is 43.4. The topological polar surface area (TPSA) is 382 Å². The molecule has 0 amide bonds. The van der Waals surface area contributed by atoms with Gasteiger partial charge in [0.25, 0.3) is 0 Å². The minimum absolute atomic E-state index is 0. The Morgan fingerprint density at radius 3 is 1.40 bits per heavy atom. The Balaban J connectivity index is 0.00000641. The third kappa shape index (κ3) is 17.9. The molecular weight excluding hydrogens is 916 g/mol. The molecule has 0 aliphatic rings. The number of aromatic nitrogens is 6. The molecule has 4 aromatic rings. The molecule has 0 fully saturated rings. The summed E-state index contributed by atoms with van der Waals surface area (Å²) in [5, 5.41) is 45.7. The van der Waals surface area contributed by atoms with Gasteiger partial charge in [-0.1, -0.05) is 24.3 Å². The van der Waals surface area contributed by atoms with Gasteiger partial charge in [-0.05, 0) is 35.4 Å². The van der Waals surface area contributed by atoms with Crippen molar-refractivity contribution in [1.82, 2.24) is 29.9 Å². The third-order valence-electron chi connectivity index (χ3n) is 7.61. The third-order valence-corrected chi connectivity index (χ3v) is 10.1. The minimum Gasteiger partial charge on any atom is -0.748 e. The number of ether oxygens (including phenoxy) is 1. The van der Waals surface area contributed by atoms with E-state index in [4.69, 9.17) is 4.74 Å². The molecule has 0 unspecified atom stereocenters. The van der Waals surface area contributed by atoms with Gasteiger partial charge in [0.1, 0.15) is 20.2 Å². The second-order valence-corrected chi connectivity index (χ2v) is 16.0. The largest absolute Gasteiger partial charge is 1.00 e. The number of nitrogens with one attached hydrogen (secondary N) is 3. The molecule has 0 radical (unpaired) electrons. The van der Waals surface area contributed by atoms with E-state index in [-0.39, 0.29) is 200 Å². The molecule has 0 saturated carbocycles. The minimum atomic E-state index is -5.23. The predicted octanol–water partition coefficient (Wildman–Crippen LogP) is -10.9. The normalized spacial score (nSPS) is 11.5. The summed E-state index contributed by atoms with van der Waals surface area (Å²) in [6, 6.07) is 6.73. The van der Waals surface area contributed by atoms with E-state index in [9.17, 15) is 59.3 Å². The van der Waals surface area contributed by atoms with Gasteiger partial charge in [-0.25, -0.2) is 25.3 Å². The first-order valence-electron chi connectivity index (χ1n) is 17.0. The summed E-state index contributed by atoms with van der Waals surface area (Å²) in [6.45, 7) is -1.81. The predicted molar refractivity (Wildman–Crippen MR) is 206 cm³/mol. The van der Waals surface area contributed by atoms with Crippen molar-refractivity contribution >= 4 is 83.6 Å². The van der Waals surface area contributed by atoms with Gasteiger partial charge in [0.15, 0.2) is 0 Å².